The maximum Gasteiger partial charge on any atom is 0.264 e. The van der Waals surface area contributed by atoms with E-state index in [1.807, 2.05) is 0 Å². The van der Waals surface area contributed by atoms with Crippen LogP contribution in [-0.2, 0) is 10.0 Å². The van der Waals surface area contributed by atoms with Gasteiger partial charge in [-0.3, -0.25) is 10.1 Å². The zero-order valence-electron chi connectivity index (χ0n) is 10.9. The molecule has 2 rings (SSSR count). The molecular formula is C11H12FN5O3S. The molecule has 8 nitrogen and oxygen atoms in total. The van der Waals surface area contributed by atoms with Gasteiger partial charge in [0.05, 0.1) is 25.2 Å². The van der Waals surface area contributed by atoms with Gasteiger partial charge in [0.2, 0.25) is 5.95 Å². The normalized spacial score (nSPS) is 11.0. The lowest BCUT2D eigenvalue weighted by atomic mass is 10.3. The number of rotatable bonds is 5. The summed E-state index contributed by atoms with van der Waals surface area (Å²) in [5, 5.41) is 0. The van der Waals surface area contributed by atoms with E-state index in [1.165, 1.54) is 19.2 Å². The van der Waals surface area contributed by atoms with Crippen LogP contribution in [0.1, 0.15) is 0 Å². The number of methoxy groups -OCH3 is 1. The monoisotopic (exact) mass is 313 g/mol. The van der Waals surface area contributed by atoms with Crippen molar-refractivity contribution in [1.82, 2.24) is 9.97 Å². The fraction of sp³-hybridized carbons (Fsp3) is 0.0909. The number of aromatic nitrogens is 2. The summed E-state index contributed by atoms with van der Waals surface area (Å²) in [6.45, 7) is 0. The molecule has 0 aliphatic carbocycles. The van der Waals surface area contributed by atoms with Gasteiger partial charge in [0.15, 0.2) is 11.6 Å². The summed E-state index contributed by atoms with van der Waals surface area (Å²) < 4.78 is 44.5. The maximum atomic E-state index is 13.3. The van der Waals surface area contributed by atoms with Crippen molar-refractivity contribution in [3.05, 3.63) is 36.4 Å². The van der Waals surface area contributed by atoms with Gasteiger partial charge in [0.25, 0.3) is 10.0 Å². The quantitative estimate of drug-likeness (QED) is 0.549. The zero-order valence-corrected chi connectivity index (χ0v) is 11.7. The van der Waals surface area contributed by atoms with E-state index >= 15 is 0 Å². The lowest BCUT2D eigenvalue weighted by Crippen LogP contribution is -2.15. The summed E-state index contributed by atoms with van der Waals surface area (Å²) in [6, 6.07) is 3.59. The third-order valence-corrected chi connectivity index (χ3v) is 3.81. The Morgan fingerprint density at radius 3 is 2.52 bits per heavy atom. The van der Waals surface area contributed by atoms with E-state index in [-0.39, 0.29) is 22.3 Å². The molecule has 4 N–H and O–H groups in total. The molecule has 2 aromatic rings. The van der Waals surface area contributed by atoms with Crippen molar-refractivity contribution >= 4 is 21.7 Å². The number of benzene rings is 1. The molecule has 1 heterocycles. The van der Waals surface area contributed by atoms with Crippen molar-refractivity contribution < 1.29 is 17.5 Å². The lowest BCUT2D eigenvalue weighted by Gasteiger charge is -2.09. The first-order valence-corrected chi connectivity index (χ1v) is 7.09. The number of nitrogens with one attached hydrogen (secondary N) is 2. The molecule has 0 aliphatic heterocycles. The molecule has 21 heavy (non-hydrogen) atoms. The molecule has 0 saturated heterocycles. The van der Waals surface area contributed by atoms with E-state index in [9.17, 15) is 12.8 Å². The van der Waals surface area contributed by atoms with Gasteiger partial charge in [0.1, 0.15) is 4.90 Å². The minimum atomic E-state index is -3.90. The van der Waals surface area contributed by atoms with Crippen molar-refractivity contribution in [2.75, 3.05) is 17.3 Å². The molecule has 1 aromatic heterocycles. The van der Waals surface area contributed by atoms with Crippen LogP contribution in [0.15, 0.2) is 35.5 Å². The second-order valence-corrected chi connectivity index (χ2v) is 5.52. The molecule has 0 saturated carbocycles. The molecule has 0 amide bonds. The van der Waals surface area contributed by atoms with Gasteiger partial charge >= 0.3 is 0 Å². The van der Waals surface area contributed by atoms with Gasteiger partial charge < -0.3 is 4.74 Å². The Labute approximate surface area is 120 Å². The van der Waals surface area contributed by atoms with Crippen LogP contribution >= 0.6 is 0 Å². The highest BCUT2D eigenvalue weighted by molar-refractivity contribution is 7.92. The number of hydrazine groups is 1. The fourth-order valence-electron chi connectivity index (χ4n) is 1.47. The summed E-state index contributed by atoms with van der Waals surface area (Å²) in [6.07, 6.45) is 2.18. The first kappa shape index (κ1) is 14.9. The third-order valence-electron chi connectivity index (χ3n) is 2.47. The number of sulfonamides is 1. The summed E-state index contributed by atoms with van der Waals surface area (Å²) in [5.74, 6) is 4.50. The van der Waals surface area contributed by atoms with Crippen LogP contribution in [0.3, 0.4) is 0 Å². The van der Waals surface area contributed by atoms with Gasteiger partial charge in [-0.1, -0.05) is 0 Å². The molecule has 1 aromatic carbocycles. The summed E-state index contributed by atoms with van der Waals surface area (Å²) in [7, 11) is -2.62. The fourth-order valence-corrected chi connectivity index (χ4v) is 2.40. The summed E-state index contributed by atoms with van der Waals surface area (Å²) in [5.41, 5.74) is 2.33. The SMILES string of the molecule is COc1cc(NS(=O)(=O)c2cnc(NN)nc2)ccc1F. The minimum absolute atomic E-state index is 0.0749. The molecule has 0 radical (unpaired) electrons. The third kappa shape index (κ3) is 3.35. The van der Waals surface area contributed by atoms with Gasteiger partial charge in [0, 0.05) is 6.07 Å². The smallest absolute Gasteiger partial charge is 0.264 e. The van der Waals surface area contributed by atoms with Crippen molar-refractivity contribution in [3.63, 3.8) is 0 Å². The standard InChI is InChI=1S/C11H12FN5O3S/c1-20-10-4-7(2-3-9(10)12)17-21(18,19)8-5-14-11(16-13)15-6-8/h2-6,17H,13H2,1H3,(H,14,15,16). The number of hydrogen-bond donors (Lipinski definition) is 3. The van der Waals surface area contributed by atoms with Crippen LogP contribution < -0.4 is 20.7 Å². The van der Waals surface area contributed by atoms with Crippen LogP contribution in [0.25, 0.3) is 0 Å². The summed E-state index contributed by atoms with van der Waals surface area (Å²) in [4.78, 5) is 7.24. The molecule has 0 unspecified atom stereocenters. The molecule has 0 spiro atoms. The number of nitrogen functional groups attached to an aromatic ring is 1. The topological polar surface area (TPSA) is 119 Å². The van der Waals surface area contributed by atoms with Gasteiger partial charge in [-0.2, -0.15) is 0 Å². The molecular weight excluding hydrogens is 301 g/mol. The Hall–Kier alpha value is -2.46. The Kier molecular flexibility index (Phi) is 4.19. The van der Waals surface area contributed by atoms with E-state index < -0.39 is 15.8 Å². The van der Waals surface area contributed by atoms with E-state index in [2.05, 4.69) is 20.1 Å². The van der Waals surface area contributed by atoms with Crippen LogP contribution in [0.2, 0.25) is 0 Å². The van der Waals surface area contributed by atoms with E-state index in [1.54, 1.807) is 0 Å². The Bertz CT molecular complexity index is 736. The number of nitrogens with zero attached hydrogens (tertiary/aromatic N) is 2. The first-order valence-electron chi connectivity index (χ1n) is 5.61. The number of hydrogen-bond acceptors (Lipinski definition) is 7. The second kappa shape index (κ2) is 5.89. The van der Waals surface area contributed by atoms with Crippen molar-refractivity contribution in [2.24, 2.45) is 5.84 Å². The predicted molar refractivity (Wildman–Crippen MR) is 73.6 cm³/mol. The molecule has 0 fully saturated rings. The minimum Gasteiger partial charge on any atom is -0.494 e. The van der Waals surface area contributed by atoms with Crippen molar-refractivity contribution in [2.45, 2.75) is 4.90 Å². The molecule has 112 valence electrons. The van der Waals surface area contributed by atoms with Crippen LogP contribution in [-0.4, -0.2) is 25.5 Å². The van der Waals surface area contributed by atoms with E-state index in [0.29, 0.717) is 0 Å². The highest BCUT2D eigenvalue weighted by Crippen LogP contribution is 2.23. The molecule has 0 bridgehead atoms. The van der Waals surface area contributed by atoms with Gasteiger partial charge in [-0.15, -0.1) is 0 Å². The molecule has 0 atom stereocenters. The van der Waals surface area contributed by atoms with Gasteiger partial charge in [-0.05, 0) is 12.1 Å². The van der Waals surface area contributed by atoms with Crippen LogP contribution in [0.4, 0.5) is 16.0 Å². The predicted octanol–water partition coefficient (Wildman–Crippen LogP) is 0.711. The number of anilines is 2. The first-order chi connectivity index (χ1) is 9.96. The zero-order chi connectivity index (χ0) is 15.5. The average Bonchev–Trinajstić information content (AvgIpc) is 2.49. The average molecular weight is 313 g/mol. The lowest BCUT2D eigenvalue weighted by molar-refractivity contribution is 0.387. The Balaban J connectivity index is 2.28. The largest absolute Gasteiger partial charge is 0.494 e. The second-order valence-electron chi connectivity index (χ2n) is 3.84. The molecule has 0 aliphatic rings. The Morgan fingerprint density at radius 2 is 1.95 bits per heavy atom. The number of halogens is 1. The molecule has 10 heteroatoms. The number of ether oxygens (including phenoxy) is 1. The number of nitrogens with two attached hydrogens (primary N) is 1. The van der Waals surface area contributed by atoms with Crippen LogP contribution in [0.5, 0.6) is 5.75 Å². The van der Waals surface area contributed by atoms with E-state index in [0.717, 1.165) is 18.5 Å². The van der Waals surface area contributed by atoms with E-state index in [4.69, 9.17) is 10.6 Å². The van der Waals surface area contributed by atoms with Crippen LogP contribution in [0, 0.1) is 5.82 Å². The maximum absolute atomic E-state index is 13.3. The van der Waals surface area contributed by atoms with Gasteiger partial charge in [-0.25, -0.2) is 28.6 Å². The van der Waals surface area contributed by atoms with Crippen molar-refractivity contribution in [1.29, 1.82) is 0 Å². The summed E-state index contributed by atoms with van der Waals surface area (Å²) >= 11 is 0. The Morgan fingerprint density at radius 1 is 1.29 bits per heavy atom. The highest BCUT2D eigenvalue weighted by Gasteiger charge is 2.16. The highest BCUT2D eigenvalue weighted by atomic mass is 32.2. The van der Waals surface area contributed by atoms with Crippen molar-refractivity contribution in [3.8, 4) is 5.75 Å².